The van der Waals surface area contributed by atoms with Crippen LogP contribution in [0.15, 0.2) is 54.6 Å². The Morgan fingerprint density at radius 2 is 1.83 bits per heavy atom. The van der Waals surface area contributed by atoms with Gasteiger partial charge in [0.15, 0.2) is 5.78 Å². The molecule has 0 radical (unpaired) electrons. The second-order valence-electron chi connectivity index (χ2n) is 6.02. The Morgan fingerprint density at radius 3 is 2.50 bits per heavy atom. The molecule has 0 saturated carbocycles. The lowest BCUT2D eigenvalue weighted by atomic mass is 10.1. The topological polar surface area (TPSA) is 40.5 Å². The summed E-state index contributed by atoms with van der Waals surface area (Å²) in [4.78, 5) is 14.4. The second kappa shape index (κ2) is 7.41. The minimum absolute atomic E-state index is 0.111. The summed E-state index contributed by atoms with van der Waals surface area (Å²) in [6.45, 7) is 1.65. The van der Waals surface area contributed by atoms with Crippen molar-refractivity contribution >= 4 is 17.5 Å². The van der Waals surface area contributed by atoms with Crippen molar-refractivity contribution in [1.29, 1.82) is 0 Å². The van der Waals surface area contributed by atoms with Crippen LogP contribution in [0, 0.1) is 5.82 Å². The molecular weight excluding hydrogens is 305 g/mol. The van der Waals surface area contributed by atoms with Crippen LogP contribution in [0.4, 0.5) is 10.1 Å². The van der Waals surface area contributed by atoms with Crippen LogP contribution in [0.1, 0.15) is 28.8 Å². The lowest BCUT2D eigenvalue weighted by Crippen LogP contribution is -2.35. The highest BCUT2D eigenvalue weighted by atomic mass is 19.1. The monoisotopic (exact) mass is 325 g/mol. The van der Waals surface area contributed by atoms with Crippen molar-refractivity contribution in [3.05, 3.63) is 71.6 Å². The van der Waals surface area contributed by atoms with Crippen molar-refractivity contribution in [2.75, 3.05) is 18.0 Å². The summed E-state index contributed by atoms with van der Waals surface area (Å²) in [6, 6.07) is 13.6. The number of aliphatic hydroxyl groups excluding tert-OH is 1. The van der Waals surface area contributed by atoms with E-state index in [4.69, 9.17) is 0 Å². The maximum Gasteiger partial charge on any atom is 0.185 e. The van der Waals surface area contributed by atoms with Crippen molar-refractivity contribution in [3.63, 3.8) is 0 Å². The van der Waals surface area contributed by atoms with Gasteiger partial charge in [-0.15, -0.1) is 0 Å². The molecule has 1 heterocycles. The van der Waals surface area contributed by atoms with Gasteiger partial charge in [0.1, 0.15) is 5.82 Å². The summed E-state index contributed by atoms with van der Waals surface area (Å²) >= 11 is 0. The molecule has 0 aromatic heterocycles. The lowest BCUT2D eigenvalue weighted by molar-refractivity contribution is 0.104. The van der Waals surface area contributed by atoms with Crippen LogP contribution in [-0.2, 0) is 0 Å². The molecule has 124 valence electrons. The van der Waals surface area contributed by atoms with Crippen molar-refractivity contribution in [3.8, 4) is 0 Å². The van der Waals surface area contributed by atoms with E-state index in [2.05, 4.69) is 4.90 Å². The van der Waals surface area contributed by atoms with Crippen molar-refractivity contribution < 1.29 is 14.3 Å². The molecule has 1 saturated heterocycles. The first kappa shape index (κ1) is 16.4. The average Bonchev–Trinajstić information content (AvgIpc) is 2.61. The normalized spacial score (nSPS) is 15.8. The predicted octanol–water partition coefficient (Wildman–Crippen LogP) is 3.68. The summed E-state index contributed by atoms with van der Waals surface area (Å²) < 4.78 is 13.1. The van der Waals surface area contributed by atoms with Gasteiger partial charge in [-0.1, -0.05) is 18.2 Å². The molecule has 24 heavy (non-hydrogen) atoms. The Kier molecular flexibility index (Phi) is 5.06. The molecule has 1 aliphatic heterocycles. The number of aliphatic hydroxyl groups is 1. The summed E-state index contributed by atoms with van der Waals surface area (Å²) in [7, 11) is 0. The number of nitrogens with zero attached hydrogens (tertiary/aromatic N) is 1. The third-order valence-corrected chi connectivity index (χ3v) is 4.26. The van der Waals surface area contributed by atoms with Gasteiger partial charge in [0.25, 0.3) is 0 Å². The van der Waals surface area contributed by atoms with Gasteiger partial charge >= 0.3 is 0 Å². The number of ketones is 1. The predicted molar refractivity (Wildman–Crippen MR) is 93.7 cm³/mol. The van der Waals surface area contributed by atoms with E-state index in [-0.39, 0.29) is 17.7 Å². The molecule has 0 unspecified atom stereocenters. The minimum atomic E-state index is -0.319. The van der Waals surface area contributed by atoms with Gasteiger partial charge in [-0.05, 0) is 60.9 Å². The van der Waals surface area contributed by atoms with Crippen molar-refractivity contribution in [2.24, 2.45) is 0 Å². The molecule has 1 fully saturated rings. The van der Waals surface area contributed by atoms with E-state index < -0.39 is 0 Å². The van der Waals surface area contributed by atoms with Gasteiger partial charge in [-0.3, -0.25) is 4.79 Å². The number of halogens is 1. The fourth-order valence-corrected chi connectivity index (χ4v) is 2.84. The fourth-order valence-electron chi connectivity index (χ4n) is 2.84. The Bertz CT molecular complexity index is 732. The lowest BCUT2D eigenvalue weighted by Gasteiger charge is -2.31. The maximum atomic E-state index is 13.1. The van der Waals surface area contributed by atoms with E-state index in [9.17, 15) is 14.3 Å². The third kappa shape index (κ3) is 4.09. The third-order valence-electron chi connectivity index (χ3n) is 4.26. The van der Waals surface area contributed by atoms with Gasteiger partial charge in [0, 0.05) is 24.3 Å². The number of hydrogen-bond acceptors (Lipinski definition) is 3. The van der Waals surface area contributed by atoms with Crippen molar-refractivity contribution in [1.82, 2.24) is 0 Å². The van der Waals surface area contributed by atoms with Crippen LogP contribution >= 0.6 is 0 Å². The van der Waals surface area contributed by atoms with Gasteiger partial charge in [-0.2, -0.15) is 0 Å². The van der Waals surface area contributed by atoms with Crippen LogP contribution in [0.25, 0.3) is 6.08 Å². The van der Waals surface area contributed by atoms with Crippen molar-refractivity contribution in [2.45, 2.75) is 18.9 Å². The number of piperidine rings is 1. The summed E-state index contributed by atoms with van der Waals surface area (Å²) in [6.07, 6.45) is 4.43. The van der Waals surface area contributed by atoms with Crippen LogP contribution in [-0.4, -0.2) is 30.1 Å². The van der Waals surface area contributed by atoms with Gasteiger partial charge in [-0.25, -0.2) is 4.39 Å². The first-order chi connectivity index (χ1) is 11.6. The van der Waals surface area contributed by atoms with Crippen LogP contribution in [0.5, 0.6) is 0 Å². The van der Waals surface area contributed by atoms with E-state index in [0.717, 1.165) is 31.6 Å². The zero-order valence-electron chi connectivity index (χ0n) is 13.4. The number of carbonyl (C=O) groups excluding carboxylic acids is 1. The highest BCUT2D eigenvalue weighted by molar-refractivity contribution is 6.06. The zero-order valence-corrected chi connectivity index (χ0v) is 13.4. The SMILES string of the molecule is O=C(C=Cc1cccc(F)c1)c1ccc(N2CCC(O)CC2)cc1. The summed E-state index contributed by atoms with van der Waals surface area (Å²) in [5.74, 6) is -0.430. The number of hydrogen-bond donors (Lipinski definition) is 1. The summed E-state index contributed by atoms with van der Waals surface area (Å²) in [5.41, 5.74) is 2.32. The molecule has 1 aliphatic rings. The average molecular weight is 325 g/mol. The summed E-state index contributed by atoms with van der Waals surface area (Å²) in [5, 5.41) is 9.56. The molecule has 0 amide bonds. The fraction of sp³-hybridized carbons (Fsp3) is 0.250. The van der Waals surface area contributed by atoms with Crippen LogP contribution < -0.4 is 4.90 Å². The molecule has 0 aliphatic carbocycles. The Morgan fingerprint density at radius 1 is 1.12 bits per heavy atom. The molecule has 0 spiro atoms. The molecule has 0 atom stereocenters. The Hall–Kier alpha value is -2.46. The molecule has 3 rings (SSSR count). The minimum Gasteiger partial charge on any atom is -0.393 e. The highest BCUT2D eigenvalue weighted by Gasteiger charge is 2.17. The van der Waals surface area contributed by atoms with Gasteiger partial charge in [0.05, 0.1) is 6.10 Å². The molecule has 3 nitrogen and oxygen atoms in total. The zero-order chi connectivity index (χ0) is 16.9. The number of benzene rings is 2. The quantitative estimate of drug-likeness (QED) is 0.688. The van der Waals surface area contributed by atoms with E-state index >= 15 is 0 Å². The van der Waals surface area contributed by atoms with E-state index in [0.29, 0.717) is 11.1 Å². The Balaban J connectivity index is 1.65. The molecule has 1 N–H and O–H groups in total. The first-order valence-corrected chi connectivity index (χ1v) is 8.13. The standard InChI is InChI=1S/C20H20FNO2/c21-17-3-1-2-15(14-17)4-9-20(24)16-5-7-18(8-6-16)22-12-10-19(23)11-13-22/h1-9,14,19,23H,10-13H2. The van der Waals surface area contributed by atoms with Crippen LogP contribution in [0.3, 0.4) is 0 Å². The largest absolute Gasteiger partial charge is 0.393 e. The van der Waals surface area contributed by atoms with E-state index in [1.54, 1.807) is 30.3 Å². The molecule has 4 heteroatoms. The smallest absolute Gasteiger partial charge is 0.185 e. The number of anilines is 1. The first-order valence-electron chi connectivity index (χ1n) is 8.13. The maximum absolute atomic E-state index is 13.1. The van der Waals surface area contributed by atoms with E-state index in [1.165, 1.54) is 18.2 Å². The molecule has 2 aromatic carbocycles. The Labute approximate surface area is 141 Å². The molecule has 0 bridgehead atoms. The number of carbonyl (C=O) groups is 1. The second-order valence-corrected chi connectivity index (χ2v) is 6.02. The number of allylic oxidation sites excluding steroid dienone is 1. The molecule has 2 aromatic rings. The molecular formula is C20H20FNO2. The van der Waals surface area contributed by atoms with Gasteiger partial charge < -0.3 is 10.0 Å². The number of rotatable bonds is 4. The van der Waals surface area contributed by atoms with Crippen LogP contribution in [0.2, 0.25) is 0 Å². The van der Waals surface area contributed by atoms with Gasteiger partial charge in [0.2, 0.25) is 0 Å². The van der Waals surface area contributed by atoms with E-state index in [1.807, 2.05) is 12.1 Å². The highest BCUT2D eigenvalue weighted by Crippen LogP contribution is 2.21.